The first-order valence-electron chi connectivity index (χ1n) is 6.76. The molecule has 0 spiro atoms. The van der Waals surface area contributed by atoms with E-state index in [1.165, 1.54) is 11.8 Å². The van der Waals surface area contributed by atoms with Gasteiger partial charge in [0.1, 0.15) is 0 Å². The Hall–Kier alpha value is -1.65. The number of thiazole rings is 1. The Bertz CT molecular complexity index is 744. The molecule has 2 nitrogen and oxygen atoms in total. The largest absolute Gasteiger partial charge is 0.293 e. The van der Waals surface area contributed by atoms with Crippen molar-refractivity contribution in [2.75, 3.05) is 0 Å². The zero-order valence-corrected chi connectivity index (χ0v) is 13.5. The van der Waals surface area contributed by atoms with Gasteiger partial charge >= 0.3 is 0 Å². The van der Waals surface area contributed by atoms with E-state index in [9.17, 15) is 4.79 Å². The summed E-state index contributed by atoms with van der Waals surface area (Å²) >= 11 is 3.17. The van der Waals surface area contributed by atoms with Crippen molar-refractivity contribution in [2.24, 2.45) is 0 Å². The first-order valence-corrected chi connectivity index (χ1v) is 8.46. The number of carbonyl (C=O) groups is 1. The quantitative estimate of drug-likeness (QED) is 0.503. The van der Waals surface area contributed by atoms with Crippen LogP contribution in [0.4, 0.5) is 0 Å². The summed E-state index contributed by atoms with van der Waals surface area (Å²) in [6.07, 6.45) is 0. The number of fused-ring (bicyclic) bond motifs is 1. The third kappa shape index (κ3) is 3.17. The molecule has 106 valence electrons. The van der Waals surface area contributed by atoms with Gasteiger partial charge in [0, 0.05) is 5.56 Å². The summed E-state index contributed by atoms with van der Waals surface area (Å²) in [5.74, 6) is 0.152. The summed E-state index contributed by atoms with van der Waals surface area (Å²) < 4.78 is 2.11. The first-order chi connectivity index (χ1) is 10.1. The number of Topliss-reactive ketones (excluding diaryl/α,β-unsaturated/α-hetero) is 1. The number of aromatic nitrogens is 1. The van der Waals surface area contributed by atoms with E-state index in [4.69, 9.17) is 0 Å². The fourth-order valence-corrected chi connectivity index (χ4v) is 4.35. The Labute approximate surface area is 132 Å². The van der Waals surface area contributed by atoms with E-state index in [1.807, 2.05) is 56.3 Å². The van der Waals surface area contributed by atoms with Crippen molar-refractivity contribution < 1.29 is 4.79 Å². The van der Waals surface area contributed by atoms with Crippen molar-refractivity contribution >= 4 is 39.1 Å². The molecule has 1 aromatic heterocycles. The molecule has 0 aliphatic carbocycles. The number of ketones is 1. The number of aryl methyl sites for hydroxylation is 1. The van der Waals surface area contributed by atoms with Crippen LogP contribution in [0.2, 0.25) is 0 Å². The Balaban J connectivity index is 1.77. The van der Waals surface area contributed by atoms with E-state index >= 15 is 0 Å². The molecular formula is C17H15NOS2. The minimum atomic E-state index is -0.131. The number of rotatable bonds is 4. The van der Waals surface area contributed by atoms with Crippen molar-refractivity contribution in [3.8, 4) is 0 Å². The molecule has 0 N–H and O–H groups in total. The lowest BCUT2D eigenvalue weighted by Crippen LogP contribution is -2.13. The van der Waals surface area contributed by atoms with Crippen LogP contribution >= 0.6 is 23.1 Å². The van der Waals surface area contributed by atoms with Crippen molar-refractivity contribution in [2.45, 2.75) is 23.4 Å². The maximum absolute atomic E-state index is 12.4. The monoisotopic (exact) mass is 313 g/mol. The molecule has 0 aliphatic heterocycles. The SMILES string of the molecule is Cc1ccc(C(=O)C(C)Sc2nc3ccccc3s2)cc1. The Morgan fingerprint density at radius 2 is 1.86 bits per heavy atom. The van der Waals surface area contributed by atoms with E-state index in [-0.39, 0.29) is 11.0 Å². The Morgan fingerprint density at radius 1 is 1.14 bits per heavy atom. The number of benzene rings is 2. The van der Waals surface area contributed by atoms with E-state index in [2.05, 4.69) is 11.1 Å². The third-order valence-corrected chi connectivity index (χ3v) is 5.49. The standard InChI is InChI=1S/C17H15NOS2/c1-11-7-9-13(10-8-11)16(19)12(2)20-17-18-14-5-3-4-6-15(14)21-17/h3-10,12H,1-2H3. The molecule has 0 radical (unpaired) electrons. The number of para-hydroxylation sites is 1. The number of hydrogen-bond donors (Lipinski definition) is 0. The van der Waals surface area contributed by atoms with Crippen LogP contribution in [0.15, 0.2) is 52.9 Å². The molecule has 1 atom stereocenters. The van der Waals surface area contributed by atoms with Gasteiger partial charge in [-0.05, 0) is 26.0 Å². The molecule has 3 rings (SSSR count). The minimum Gasteiger partial charge on any atom is -0.293 e. The average molecular weight is 313 g/mol. The molecule has 1 unspecified atom stereocenters. The molecule has 1 heterocycles. The van der Waals surface area contributed by atoms with Gasteiger partial charge in [0.25, 0.3) is 0 Å². The maximum atomic E-state index is 12.4. The second-order valence-corrected chi connectivity index (χ2v) is 7.56. The lowest BCUT2D eigenvalue weighted by atomic mass is 10.1. The molecular weight excluding hydrogens is 298 g/mol. The lowest BCUT2D eigenvalue weighted by molar-refractivity contribution is 0.0994. The van der Waals surface area contributed by atoms with Crippen LogP contribution < -0.4 is 0 Å². The highest BCUT2D eigenvalue weighted by molar-refractivity contribution is 8.02. The summed E-state index contributed by atoms with van der Waals surface area (Å²) in [5.41, 5.74) is 2.93. The summed E-state index contributed by atoms with van der Waals surface area (Å²) in [6, 6.07) is 15.8. The highest BCUT2D eigenvalue weighted by atomic mass is 32.2. The van der Waals surface area contributed by atoms with Crippen LogP contribution in [0.25, 0.3) is 10.2 Å². The summed E-state index contributed by atoms with van der Waals surface area (Å²) in [6.45, 7) is 3.96. The summed E-state index contributed by atoms with van der Waals surface area (Å²) in [5, 5.41) is -0.131. The van der Waals surface area contributed by atoms with E-state index in [0.717, 1.165) is 25.7 Å². The third-order valence-electron chi connectivity index (χ3n) is 3.26. The normalized spacial score (nSPS) is 12.5. The summed E-state index contributed by atoms with van der Waals surface area (Å²) in [4.78, 5) is 17.0. The molecule has 0 saturated heterocycles. The number of thioether (sulfide) groups is 1. The maximum Gasteiger partial charge on any atom is 0.175 e. The fraction of sp³-hybridized carbons (Fsp3) is 0.176. The van der Waals surface area contributed by atoms with Crippen LogP contribution in [0.1, 0.15) is 22.8 Å². The van der Waals surface area contributed by atoms with Crippen LogP contribution in [0.3, 0.4) is 0 Å². The van der Waals surface area contributed by atoms with Crippen molar-refractivity contribution in [1.29, 1.82) is 0 Å². The van der Waals surface area contributed by atoms with Crippen LogP contribution in [0, 0.1) is 6.92 Å². The van der Waals surface area contributed by atoms with E-state index in [0.29, 0.717) is 0 Å². The second kappa shape index (κ2) is 6.00. The van der Waals surface area contributed by atoms with Crippen LogP contribution in [-0.2, 0) is 0 Å². The zero-order chi connectivity index (χ0) is 14.8. The van der Waals surface area contributed by atoms with Gasteiger partial charge in [0.15, 0.2) is 10.1 Å². The van der Waals surface area contributed by atoms with Gasteiger partial charge in [-0.25, -0.2) is 4.98 Å². The molecule has 0 amide bonds. The summed E-state index contributed by atoms with van der Waals surface area (Å²) in [7, 11) is 0. The number of nitrogens with zero attached hydrogens (tertiary/aromatic N) is 1. The minimum absolute atomic E-state index is 0.131. The van der Waals surface area contributed by atoms with Gasteiger partial charge in [0.2, 0.25) is 0 Å². The zero-order valence-electron chi connectivity index (χ0n) is 11.9. The molecule has 4 heteroatoms. The van der Waals surface area contributed by atoms with Crippen LogP contribution in [0.5, 0.6) is 0 Å². The smallest absolute Gasteiger partial charge is 0.175 e. The van der Waals surface area contributed by atoms with Gasteiger partial charge in [-0.15, -0.1) is 11.3 Å². The fourth-order valence-electron chi connectivity index (χ4n) is 2.06. The topological polar surface area (TPSA) is 30.0 Å². The van der Waals surface area contributed by atoms with Gasteiger partial charge in [-0.2, -0.15) is 0 Å². The molecule has 21 heavy (non-hydrogen) atoms. The molecule has 3 aromatic rings. The van der Waals surface area contributed by atoms with E-state index in [1.54, 1.807) is 11.3 Å². The predicted octanol–water partition coefficient (Wildman–Crippen LogP) is 4.97. The highest BCUT2D eigenvalue weighted by Gasteiger charge is 2.18. The second-order valence-electron chi connectivity index (χ2n) is 4.94. The van der Waals surface area contributed by atoms with Crippen molar-refractivity contribution in [1.82, 2.24) is 4.98 Å². The Kier molecular flexibility index (Phi) is 4.08. The molecule has 2 aromatic carbocycles. The van der Waals surface area contributed by atoms with Gasteiger partial charge in [-0.3, -0.25) is 4.79 Å². The number of hydrogen-bond acceptors (Lipinski definition) is 4. The van der Waals surface area contributed by atoms with Gasteiger partial charge in [-0.1, -0.05) is 53.7 Å². The molecule has 0 aliphatic rings. The average Bonchev–Trinajstić information content (AvgIpc) is 2.89. The predicted molar refractivity (Wildman–Crippen MR) is 90.4 cm³/mol. The molecule has 0 bridgehead atoms. The molecule has 0 fully saturated rings. The van der Waals surface area contributed by atoms with E-state index < -0.39 is 0 Å². The van der Waals surface area contributed by atoms with Crippen molar-refractivity contribution in [3.05, 3.63) is 59.7 Å². The number of carbonyl (C=O) groups excluding carboxylic acids is 1. The van der Waals surface area contributed by atoms with Gasteiger partial charge < -0.3 is 0 Å². The highest BCUT2D eigenvalue weighted by Crippen LogP contribution is 2.32. The first kappa shape index (κ1) is 14.3. The lowest BCUT2D eigenvalue weighted by Gasteiger charge is -2.08. The Morgan fingerprint density at radius 3 is 2.57 bits per heavy atom. The molecule has 0 saturated carbocycles. The van der Waals surface area contributed by atoms with Crippen molar-refractivity contribution in [3.63, 3.8) is 0 Å². The van der Waals surface area contributed by atoms with Crippen LogP contribution in [-0.4, -0.2) is 16.0 Å². The van der Waals surface area contributed by atoms with Gasteiger partial charge in [0.05, 0.1) is 15.5 Å².